The summed E-state index contributed by atoms with van der Waals surface area (Å²) < 4.78 is 0. The third-order valence-electron chi connectivity index (χ3n) is 4.41. The van der Waals surface area contributed by atoms with Crippen LogP contribution in [0.1, 0.15) is 44.2 Å². The Balaban J connectivity index is 1.49. The Hall–Kier alpha value is -1.68. The van der Waals surface area contributed by atoms with Gasteiger partial charge >= 0.3 is 0 Å². The largest absolute Gasteiger partial charge is 0.311 e. The fraction of sp³-hybridized carbons (Fsp3) is 0.529. The Morgan fingerprint density at radius 1 is 1.05 bits per heavy atom. The minimum Gasteiger partial charge on any atom is -0.311 e. The number of rotatable bonds is 6. The first kappa shape index (κ1) is 14.3. The van der Waals surface area contributed by atoms with Crippen LogP contribution in [0.15, 0.2) is 30.3 Å². The molecule has 0 saturated heterocycles. The second kappa shape index (κ2) is 7.36. The van der Waals surface area contributed by atoms with Crippen LogP contribution in [0.5, 0.6) is 0 Å². The summed E-state index contributed by atoms with van der Waals surface area (Å²) in [5.41, 5.74) is 3.08. The van der Waals surface area contributed by atoms with Crippen molar-refractivity contribution in [1.29, 1.82) is 0 Å². The number of hydrogen-bond acceptors (Lipinski definition) is 3. The Kier molecular flexibility index (Phi) is 5.00. The number of aromatic nitrogens is 3. The van der Waals surface area contributed by atoms with E-state index in [1.54, 1.807) is 0 Å². The predicted molar refractivity (Wildman–Crippen MR) is 84.7 cm³/mol. The van der Waals surface area contributed by atoms with Gasteiger partial charge < -0.3 is 5.32 Å². The Labute approximate surface area is 126 Å². The Morgan fingerprint density at radius 2 is 1.86 bits per heavy atom. The molecule has 3 rings (SSSR count). The number of H-pyrrole nitrogens is 1. The molecule has 21 heavy (non-hydrogen) atoms. The van der Waals surface area contributed by atoms with Crippen LogP contribution in [-0.4, -0.2) is 22.0 Å². The van der Waals surface area contributed by atoms with Gasteiger partial charge in [0, 0.05) is 12.1 Å². The van der Waals surface area contributed by atoms with Gasteiger partial charge in [-0.3, -0.25) is 0 Å². The van der Waals surface area contributed by atoms with E-state index in [-0.39, 0.29) is 0 Å². The summed E-state index contributed by atoms with van der Waals surface area (Å²) in [6.45, 7) is 1.86. The van der Waals surface area contributed by atoms with E-state index in [0.29, 0.717) is 0 Å². The van der Waals surface area contributed by atoms with E-state index >= 15 is 0 Å². The van der Waals surface area contributed by atoms with Crippen molar-refractivity contribution in [1.82, 2.24) is 20.7 Å². The molecule has 0 atom stereocenters. The summed E-state index contributed by atoms with van der Waals surface area (Å²) in [5.74, 6) is 0.928. The van der Waals surface area contributed by atoms with Gasteiger partial charge in [0.2, 0.25) is 0 Å². The molecule has 1 heterocycles. The quantitative estimate of drug-likeness (QED) is 0.798. The Bertz CT molecular complexity index is 529. The molecule has 0 bridgehead atoms. The topological polar surface area (TPSA) is 53.6 Å². The molecule has 0 amide bonds. The predicted octanol–water partition coefficient (Wildman–Crippen LogP) is 3.53. The van der Waals surface area contributed by atoms with E-state index in [2.05, 4.69) is 32.9 Å². The number of aromatic amines is 1. The normalized spacial score (nSPS) is 16.2. The second-order valence-corrected chi connectivity index (χ2v) is 5.95. The van der Waals surface area contributed by atoms with Gasteiger partial charge in [-0.2, -0.15) is 15.4 Å². The molecule has 2 aromatic rings. The summed E-state index contributed by atoms with van der Waals surface area (Å²) in [6.07, 6.45) is 8.40. The van der Waals surface area contributed by atoms with E-state index in [1.807, 2.05) is 18.2 Å². The first-order chi connectivity index (χ1) is 10.4. The van der Waals surface area contributed by atoms with Crippen molar-refractivity contribution in [3.05, 3.63) is 36.0 Å². The molecule has 4 nitrogen and oxygen atoms in total. The number of hydrogen-bond donors (Lipinski definition) is 2. The van der Waals surface area contributed by atoms with Gasteiger partial charge in [0.1, 0.15) is 11.4 Å². The fourth-order valence-corrected chi connectivity index (χ4v) is 3.19. The molecule has 2 N–H and O–H groups in total. The summed E-state index contributed by atoms with van der Waals surface area (Å²) in [7, 11) is 0. The van der Waals surface area contributed by atoms with Crippen LogP contribution in [0.25, 0.3) is 11.3 Å². The lowest BCUT2D eigenvalue weighted by atomic mass is 9.87. The highest BCUT2D eigenvalue weighted by Crippen LogP contribution is 2.25. The van der Waals surface area contributed by atoms with E-state index in [4.69, 9.17) is 0 Å². The lowest BCUT2D eigenvalue weighted by Crippen LogP contribution is -2.19. The van der Waals surface area contributed by atoms with Crippen molar-refractivity contribution in [3.8, 4) is 11.3 Å². The molecule has 1 saturated carbocycles. The third kappa shape index (κ3) is 3.91. The van der Waals surface area contributed by atoms with Crippen LogP contribution in [-0.2, 0) is 6.54 Å². The molecule has 1 aromatic heterocycles. The monoisotopic (exact) mass is 284 g/mol. The molecule has 112 valence electrons. The third-order valence-corrected chi connectivity index (χ3v) is 4.41. The van der Waals surface area contributed by atoms with Gasteiger partial charge in [-0.05, 0) is 18.9 Å². The standard InChI is InChI=1S/C17H24N4/c1-3-7-14(8-4-1)11-12-18-13-16-17(20-21-19-16)15-9-5-2-6-10-15/h2,5-6,9-10,14,18H,1,3-4,7-8,11-13H2,(H,19,20,21). The maximum atomic E-state index is 4.28. The molecule has 0 aliphatic heterocycles. The van der Waals surface area contributed by atoms with Crippen molar-refractivity contribution >= 4 is 0 Å². The zero-order chi connectivity index (χ0) is 14.3. The van der Waals surface area contributed by atoms with E-state index in [9.17, 15) is 0 Å². The SMILES string of the molecule is c1ccc(-c2n[nH]nc2CNCCC2CCCCC2)cc1. The maximum absolute atomic E-state index is 4.28. The van der Waals surface area contributed by atoms with Crippen molar-refractivity contribution in [2.45, 2.75) is 45.1 Å². The van der Waals surface area contributed by atoms with Gasteiger partial charge in [-0.1, -0.05) is 62.4 Å². The maximum Gasteiger partial charge on any atom is 0.117 e. The summed E-state index contributed by atoms with van der Waals surface area (Å²) in [5, 5.41) is 14.8. The fourth-order valence-electron chi connectivity index (χ4n) is 3.19. The van der Waals surface area contributed by atoms with Crippen LogP contribution in [0.3, 0.4) is 0 Å². The number of nitrogens with zero attached hydrogens (tertiary/aromatic N) is 2. The highest BCUT2D eigenvalue weighted by atomic mass is 15.3. The van der Waals surface area contributed by atoms with Crippen LogP contribution >= 0.6 is 0 Å². The molecule has 1 aliphatic carbocycles. The van der Waals surface area contributed by atoms with Crippen LogP contribution < -0.4 is 5.32 Å². The lowest BCUT2D eigenvalue weighted by Gasteiger charge is -2.21. The molecule has 1 aliphatic rings. The van der Waals surface area contributed by atoms with Crippen molar-refractivity contribution in [3.63, 3.8) is 0 Å². The summed E-state index contributed by atoms with van der Waals surface area (Å²) >= 11 is 0. The first-order valence-corrected chi connectivity index (χ1v) is 8.09. The molecule has 1 fully saturated rings. The van der Waals surface area contributed by atoms with Gasteiger partial charge in [0.05, 0.1) is 0 Å². The molecule has 0 radical (unpaired) electrons. The minimum atomic E-state index is 0.785. The summed E-state index contributed by atoms with van der Waals surface area (Å²) in [4.78, 5) is 0. The lowest BCUT2D eigenvalue weighted by molar-refractivity contribution is 0.333. The Morgan fingerprint density at radius 3 is 2.67 bits per heavy atom. The molecular formula is C17H24N4. The second-order valence-electron chi connectivity index (χ2n) is 5.95. The van der Waals surface area contributed by atoms with Gasteiger partial charge in [0.15, 0.2) is 0 Å². The molecule has 1 aromatic carbocycles. The van der Waals surface area contributed by atoms with Crippen LogP contribution in [0.4, 0.5) is 0 Å². The van der Waals surface area contributed by atoms with E-state index in [1.165, 1.54) is 38.5 Å². The summed E-state index contributed by atoms with van der Waals surface area (Å²) in [6, 6.07) is 10.2. The minimum absolute atomic E-state index is 0.785. The smallest absolute Gasteiger partial charge is 0.117 e. The average molecular weight is 284 g/mol. The van der Waals surface area contributed by atoms with Crippen molar-refractivity contribution in [2.75, 3.05) is 6.54 Å². The van der Waals surface area contributed by atoms with Crippen molar-refractivity contribution in [2.24, 2.45) is 5.92 Å². The molecule has 0 spiro atoms. The highest BCUT2D eigenvalue weighted by Gasteiger charge is 2.13. The zero-order valence-corrected chi connectivity index (χ0v) is 12.5. The molecular weight excluding hydrogens is 260 g/mol. The zero-order valence-electron chi connectivity index (χ0n) is 12.5. The van der Waals surface area contributed by atoms with Crippen LogP contribution in [0, 0.1) is 5.92 Å². The van der Waals surface area contributed by atoms with Gasteiger partial charge in [-0.25, -0.2) is 0 Å². The first-order valence-electron chi connectivity index (χ1n) is 8.09. The number of benzene rings is 1. The van der Waals surface area contributed by atoms with Gasteiger partial charge in [-0.15, -0.1) is 0 Å². The number of nitrogens with one attached hydrogen (secondary N) is 2. The van der Waals surface area contributed by atoms with E-state index in [0.717, 1.165) is 36.0 Å². The average Bonchev–Trinajstić information content (AvgIpc) is 3.02. The molecule has 0 unspecified atom stereocenters. The van der Waals surface area contributed by atoms with E-state index < -0.39 is 0 Å². The van der Waals surface area contributed by atoms with Gasteiger partial charge in [0.25, 0.3) is 0 Å². The molecule has 4 heteroatoms. The highest BCUT2D eigenvalue weighted by molar-refractivity contribution is 5.60. The van der Waals surface area contributed by atoms with Crippen LogP contribution in [0.2, 0.25) is 0 Å². The van der Waals surface area contributed by atoms with Crippen molar-refractivity contribution < 1.29 is 0 Å².